The molecule has 1 unspecified atom stereocenters. The van der Waals surface area contributed by atoms with E-state index in [0.29, 0.717) is 22.9 Å². The van der Waals surface area contributed by atoms with E-state index in [1.54, 1.807) is 25.1 Å². The number of fused-ring (bicyclic) bond motifs is 2. The van der Waals surface area contributed by atoms with Crippen molar-refractivity contribution in [1.29, 1.82) is 0 Å². The van der Waals surface area contributed by atoms with Gasteiger partial charge in [-0.2, -0.15) is 0 Å². The Kier molecular flexibility index (Phi) is 5.32. The van der Waals surface area contributed by atoms with Crippen LogP contribution in [0.1, 0.15) is 48.1 Å². The molecule has 0 saturated carbocycles. The number of ether oxygens (including phenoxy) is 1. The number of nitrogens with one attached hydrogen (secondary N) is 2. The monoisotopic (exact) mass is 448 g/mol. The molecule has 2 aliphatic heterocycles. The first kappa shape index (κ1) is 21.5. The van der Waals surface area contributed by atoms with E-state index in [9.17, 15) is 14.4 Å². The Balaban J connectivity index is 1.45. The molecular formula is C25H28N4O4. The van der Waals surface area contributed by atoms with Crippen LogP contribution in [0.15, 0.2) is 52.1 Å². The fourth-order valence-corrected chi connectivity index (χ4v) is 5.00. The van der Waals surface area contributed by atoms with Crippen LogP contribution in [0.5, 0.6) is 5.75 Å². The molecule has 0 bridgehead atoms. The summed E-state index contributed by atoms with van der Waals surface area (Å²) >= 11 is 0. The summed E-state index contributed by atoms with van der Waals surface area (Å²) in [6.45, 7) is 3.94. The molecule has 1 spiro atoms. The average molecular weight is 449 g/mol. The van der Waals surface area contributed by atoms with Crippen molar-refractivity contribution < 1.29 is 9.53 Å². The largest absolute Gasteiger partial charge is 0.487 e. The quantitative estimate of drug-likeness (QED) is 0.642. The molecule has 8 nitrogen and oxygen atoms in total. The van der Waals surface area contributed by atoms with Gasteiger partial charge in [0.15, 0.2) is 0 Å². The maximum absolute atomic E-state index is 13.2. The van der Waals surface area contributed by atoms with Gasteiger partial charge in [-0.15, -0.1) is 0 Å². The molecule has 33 heavy (non-hydrogen) atoms. The summed E-state index contributed by atoms with van der Waals surface area (Å²) < 4.78 is 7.62. The number of para-hydroxylation sites is 1. The molecule has 1 atom stereocenters. The summed E-state index contributed by atoms with van der Waals surface area (Å²) in [6.07, 6.45) is 2.52. The first-order valence-electron chi connectivity index (χ1n) is 11.4. The van der Waals surface area contributed by atoms with Crippen molar-refractivity contribution in [2.75, 3.05) is 20.1 Å². The topological polar surface area (TPSA) is 96.4 Å². The minimum absolute atomic E-state index is 0.186. The average Bonchev–Trinajstić information content (AvgIpc) is 2.81. The minimum atomic E-state index is -0.477. The number of likely N-dealkylation sites (tertiary alicyclic amines) is 1. The Bertz CT molecular complexity index is 1330. The number of aromatic nitrogens is 2. The van der Waals surface area contributed by atoms with Gasteiger partial charge in [-0.1, -0.05) is 18.2 Å². The summed E-state index contributed by atoms with van der Waals surface area (Å²) in [5.41, 5.74) is 0.601. The molecule has 5 rings (SSSR count). The summed E-state index contributed by atoms with van der Waals surface area (Å²) in [5.74, 6) is 0.573. The number of aromatic amines is 1. The minimum Gasteiger partial charge on any atom is -0.487 e. The van der Waals surface area contributed by atoms with Crippen LogP contribution in [0, 0.1) is 0 Å². The van der Waals surface area contributed by atoms with E-state index >= 15 is 0 Å². The highest BCUT2D eigenvalue weighted by Gasteiger charge is 2.43. The Labute approximate surface area is 191 Å². The molecule has 2 aliphatic rings. The molecule has 2 aromatic carbocycles. The van der Waals surface area contributed by atoms with Gasteiger partial charge in [0.25, 0.3) is 11.5 Å². The molecule has 8 heteroatoms. The third-order valence-electron chi connectivity index (χ3n) is 6.96. The maximum atomic E-state index is 13.2. The number of carbonyl (C=O) groups is 1. The standard InChI is InChI=1S/C25H28N4O4/c1-3-29-23(31)18-9-8-16(14-19(18)27-24(29)32)22(30)26-20-15-25(10-12-28(2)13-11-25)33-21-7-5-4-6-17(20)21/h4-9,14,20H,3,10-13,15H2,1-2H3,(H,26,30)(H,27,32). The maximum Gasteiger partial charge on any atom is 0.328 e. The van der Waals surface area contributed by atoms with Gasteiger partial charge in [0.1, 0.15) is 11.4 Å². The van der Waals surface area contributed by atoms with Crippen LogP contribution in [-0.4, -0.2) is 46.1 Å². The third-order valence-corrected chi connectivity index (χ3v) is 6.96. The Morgan fingerprint density at radius 2 is 1.94 bits per heavy atom. The lowest BCUT2D eigenvalue weighted by atomic mass is 9.80. The van der Waals surface area contributed by atoms with Crippen molar-refractivity contribution in [2.24, 2.45) is 0 Å². The highest BCUT2D eigenvalue weighted by Crippen LogP contribution is 2.44. The zero-order valence-electron chi connectivity index (χ0n) is 18.9. The molecule has 0 radical (unpaired) electrons. The fraction of sp³-hybridized carbons (Fsp3) is 0.400. The van der Waals surface area contributed by atoms with E-state index in [0.717, 1.165) is 41.8 Å². The molecule has 3 heterocycles. The molecule has 172 valence electrons. The number of rotatable bonds is 3. The van der Waals surface area contributed by atoms with Crippen LogP contribution >= 0.6 is 0 Å². The van der Waals surface area contributed by atoms with Crippen LogP contribution in [-0.2, 0) is 6.54 Å². The number of H-pyrrole nitrogens is 1. The van der Waals surface area contributed by atoms with Crippen LogP contribution in [0.2, 0.25) is 0 Å². The van der Waals surface area contributed by atoms with Gasteiger partial charge < -0.3 is 19.9 Å². The van der Waals surface area contributed by atoms with Crippen LogP contribution in [0.3, 0.4) is 0 Å². The lowest BCUT2D eigenvalue weighted by Crippen LogP contribution is -2.51. The highest BCUT2D eigenvalue weighted by molar-refractivity contribution is 5.97. The van der Waals surface area contributed by atoms with Gasteiger partial charge in [-0.05, 0) is 51.1 Å². The molecule has 3 aromatic rings. The van der Waals surface area contributed by atoms with Crippen molar-refractivity contribution in [1.82, 2.24) is 19.8 Å². The second-order valence-electron chi connectivity index (χ2n) is 9.10. The summed E-state index contributed by atoms with van der Waals surface area (Å²) in [6, 6.07) is 12.5. The van der Waals surface area contributed by atoms with E-state index in [4.69, 9.17) is 4.74 Å². The number of piperidine rings is 1. The number of amides is 1. The molecular weight excluding hydrogens is 420 g/mol. The Morgan fingerprint density at radius 1 is 1.18 bits per heavy atom. The van der Waals surface area contributed by atoms with Crippen LogP contribution in [0.4, 0.5) is 0 Å². The molecule has 1 fully saturated rings. The van der Waals surface area contributed by atoms with E-state index in [2.05, 4.69) is 22.2 Å². The molecule has 0 aliphatic carbocycles. The number of carbonyl (C=O) groups excluding carboxylic acids is 1. The number of nitrogens with zero attached hydrogens (tertiary/aromatic N) is 2. The SMILES string of the molecule is CCn1c(=O)[nH]c2cc(C(=O)NC3CC4(CCN(C)CC4)Oc4ccccc43)ccc2c1=O. The lowest BCUT2D eigenvalue weighted by Gasteiger charge is -2.46. The van der Waals surface area contributed by atoms with Gasteiger partial charge in [0.05, 0.1) is 16.9 Å². The highest BCUT2D eigenvalue weighted by atomic mass is 16.5. The second kappa shape index (κ2) is 8.19. The number of hydrogen-bond donors (Lipinski definition) is 2. The van der Waals surface area contributed by atoms with Crippen LogP contribution < -0.4 is 21.3 Å². The number of hydrogen-bond acceptors (Lipinski definition) is 5. The van der Waals surface area contributed by atoms with Crippen molar-refractivity contribution in [3.05, 3.63) is 74.4 Å². The molecule has 1 saturated heterocycles. The van der Waals surface area contributed by atoms with Crippen molar-refractivity contribution in [2.45, 2.75) is 44.4 Å². The van der Waals surface area contributed by atoms with Gasteiger partial charge in [-0.25, -0.2) is 4.79 Å². The van der Waals surface area contributed by atoms with E-state index in [-0.39, 0.29) is 29.7 Å². The molecule has 1 amide bonds. The molecule has 1 aromatic heterocycles. The van der Waals surface area contributed by atoms with Gasteiger partial charge >= 0.3 is 5.69 Å². The van der Waals surface area contributed by atoms with E-state index < -0.39 is 5.69 Å². The van der Waals surface area contributed by atoms with Crippen molar-refractivity contribution in [3.63, 3.8) is 0 Å². The predicted molar refractivity (Wildman–Crippen MR) is 126 cm³/mol. The third kappa shape index (κ3) is 3.84. The van der Waals surface area contributed by atoms with Crippen LogP contribution in [0.25, 0.3) is 10.9 Å². The normalized spacial score (nSPS) is 19.8. The Morgan fingerprint density at radius 3 is 2.70 bits per heavy atom. The second-order valence-corrected chi connectivity index (χ2v) is 9.10. The van der Waals surface area contributed by atoms with Crippen molar-refractivity contribution >= 4 is 16.8 Å². The van der Waals surface area contributed by atoms with Gasteiger partial charge in [-0.3, -0.25) is 14.2 Å². The number of benzene rings is 2. The molecule has 2 N–H and O–H groups in total. The first-order valence-corrected chi connectivity index (χ1v) is 11.4. The predicted octanol–water partition coefficient (Wildman–Crippen LogP) is 2.43. The van der Waals surface area contributed by atoms with Gasteiger partial charge in [0, 0.05) is 37.2 Å². The van der Waals surface area contributed by atoms with Gasteiger partial charge in [0.2, 0.25) is 0 Å². The fourth-order valence-electron chi connectivity index (χ4n) is 5.00. The zero-order chi connectivity index (χ0) is 23.2. The van der Waals surface area contributed by atoms with E-state index in [1.165, 1.54) is 0 Å². The zero-order valence-corrected chi connectivity index (χ0v) is 18.9. The van der Waals surface area contributed by atoms with E-state index in [1.807, 2.05) is 24.3 Å². The summed E-state index contributed by atoms with van der Waals surface area (Å²) in [7, 11) is 2.11. The smallest absolute Gasteiger partial charge is 0.328 e. The summed E-state index contributed by atoms with van der Waals surface area (Å²) in [4.78, 5) is 43.0. The van der Waals surface area contributed by atoms with Crippen molar-refractivity contribution in [3.8, 4) is 5.75 Å². The Hall–Kier alpha value is -3.39. The lowest BCUT2D eigenvalue weighted by molar-refractivity contribution is -0.0195. The summed E-state index contributed by atoms with van der Waals surface area (Å²) in [5, 5.41) is 3.57. The first-order chi connectivity index (χ1) is 15.9.